The molecule has 1 aromatic carbocycles. The average Bonchev–Trinajstić information content (AvgIpc) is 2.98. The molecule has 0 saturated carbocycles. The van der Waals surface area contributed by atoms with Crippen molar-refractivity contribution in [1.82, 2.24) is 4.98 Å². The number of aromatic nitrogens is 1. The first-order valence-corrected chi connectivity index (χ1v) is 8.00. The Morgan fingerprint density at radius 3 is 2.86 bits per heavy atom. The van der Waals surface area contributed by atoms with Crippen molar-refractivity contribution in [2.45, 2.75) is 6.92 Å². The number of rotatable bonds is 5. The van der Waals surface area contributed by atoms with Crippen LogP contribution in [-0.2, 0) is 9.53 Å². The Labute approximate surface area is 140 Å². The first kappa shape index (κ1) is 16.2. The van der Waals surface area contributed by atoms with Crippen molar-refractivity contribution in [2.24, 2.45) is 0 Å². The highest BCUT2D eigenvalue weighted by molar-refractivity contribution is 9.10. The van der Waals surface area contributed by atoms with Gasteiger partial charge in [0, 0.05) is 16.9 Å². The SMILES string of the molecule is CCOC(=O)C(C#N)=CNc1ncc(-c2ccc(Br)cc2)s1. The van der Waals surface area contributed by atoms with Crippen LogP contribution in [0.4, 0.5) is 5.13 Å². The summed E-state index contributed by atoms with van der Waals surface area (Å²) in [5.41, 5.74) is 0.950. The maximum absolute atomic E-state index is 11.5. The highest BCUT2D eigenvalue weighted by atomic mass is 79.9. The Morgan fingerprint density at radius 2 is 2.23 bits per heavy atom. The van der Waals surface area contributed by atoms with Crippen LogP contribution < -0.4 is 5.32 Å². The van der Waals surface area contributed by atoms with E-state index in [1.165, 1.54) is 17.5 Å². The Hall–Kier alpha value is -2.17. The van der Waals surface area contributed by atoms with Gasteiger partial charge in [0.1, 0.15) is 6.07 Å². The van der Waals surface area contributed by atoms with Gasteiger partial charge in [-0.2, -0.15) is 5.26 Å². The zero-order valence-corrected chi connectivity index (χ0v) is 14.1. The summed E-state index contributed by atoms with van der Waals surface area (Å²) in [7, 11) is 0. The summed E-state index contributed by atoms with van der Waals surface area (Å²) in [5, 5.41) is 12.4. The quantitative estimate of drug-likeness (QED) is 0.484. The third-order valence-electron chi connectivity index (χ3n) is 2.59. The number of anilines is 1. The summed E-state index contributed by atoms with van der Waals surface area (Å²) < 4.78 is 5.79. The molecule has 0 radical (unpaired) electrons. The molecule has 1 aromatic heterocycles. The van der Waals surface area contributed by atoms with Crippen LogP contribution in [0.15, 0.2) is 46.7 Å². The molecule has 5 nitrogen and oxygen atoms in total. The van der Waals surface area contributed by atoms with E-state index in [1.807, 2.05) is 24.3 Å². The molecule has 0 atom stereocenters. The minimum Gasteiger partial charge on any atom is -0.462 e. The summed E-state index contributed by atoms with van der Waals surface area (Å²) in [5.74, 6) is -0.651. The monoisotopic (exact) mass is 377 g/mol. The van der Waals surface area contributed by atoms with E-state index in [2.05, 4.69) is 26.2 Å². The lowest BCUT2D eigenvalue weighted by Gasteiger charge is -1.99. The van der Waals surface area contributed by atoms with Gasteiger partial charge in [-0.1, -0.05) is 39.4 Å². The minimum atomic E-state index is -0.651. The second-order valence-electron chi connectivity index (χ2n) is 4.07. The van der Waals surface area contributed by atoms with E-state index in [-0.39, 0.29) is 12.2 Å². The maximum Gasteiger partial charge on any atom is 0.350 e. The Morgan fingerprint density at radius 1 is 1.50 bits per heavy atom. The van der Waals surface area contributed by atoms with Crippen molar-refractivity contribution in [3.8, 4) is 16.5 Å². The molecule has 0 aliphatic heterocycles. The van der Waals surface area contributed by atoms with E-state index in [0.29, 0.717) is 5.13 Å². The third-order valence-corrected chi connectivity index (χ3v) is 4.10. The van der Waals surface area contributed by atoms with Gasteiger partial charge in [-0.05, 0) is 24.6 Å². The van der Waals surface area contributed by atoms with Crippen LogP contribution in [0.3, 0.4) is 0 Å². The molecule has 112 valence electrons. The lowest BCUT2D eigenvalue weighted by Crippen LogP contribution is -2.07. The van der Waals surface area contributed by atoms with E-state index < -0.39 is 5.97 Å². The predicted octanol–water partition coefficient (Wildman–Crippen LogP) is 3.96. The third kappa shape index (κ3) is 4.16. The molecule has 2 rings (SSSR count). The summed E-state index contributed by atoms with van der Waals surface area (Å²) >= 11 is 4.82. The molecule has 0 bridgehead atoms. The van der Waals surface area contributed by atoms with E-state index >= 15 is 0 Å². The second-order valence-corrected chi connectivity index (χ2v) is 6.02. The normalized spacial score (nSPS) is 10.9. The van der Waals surface area contributed by atoms with Gasteiger partial charge in [0.2, 0.25) is 0 Å². The minimum absolute atomic E-state index is 0.0951. The highest BCUT2D eigenvalue weighted by Crippen LogP contribution is 2.29. The molecule has 22 heavy (non-hydrogen) atoms. The van der Waals surface area contributed by atoms with Crippen molar-refractivity contribution < 1.29 is 9.53 Å². The molecule has 0 aliphatic carbocycles. The molecule has 0 spiro atoms. The van der Waals surface area contributed by atoms with Crippen molar-refractivity contribution in [3.05, 3.63) is 46.7 Å². The molecular formula is C15H12BrN3O2S. The van der Waals surface area contributed by atoms with Crippen LogP contribution in [0.25, 0.3) is 10.4 Å². The van der Waals surface area contributed by atoms with Gasteiger partial charge in [0.15, 0.2) is 10.7 Å². The fraction of sp³-hybridized carbons (Fsp3) is 0.133. The van der Waals surface area contributed by atoms with Crippen molar-refractivity contribution in [2.75, 3.05) is 11.9 Å². The first-order chi connectivity index (χ1) is 10.6. The molecule has 7 heteroatoms. The van der Waals surface area contributed by atoms with Crippen LogP contribution in [0.2, 0.25) is 0 Å². The van der Waals surface area contributed by atoms with Gasteiger partial charge in [-0.3, -0.25) is 0 Å². The molecular weight excluding hydrogens is 366 g/mol. The van der Waals surface area contributed by atoms with Crippen molar-refractivity contribution in [3.63, 3.8) is 0 Å². The molecule has 0 unspecified atom stereocenters. The van der Waals surface area contributed by atoms with Crippen LogP contribution in [0.1, 0.15) is 6.92 Å². The number of nitrogens with zero attached hydrogens (tertiary/aromatic N) is 2. The lowest BCUT2D eigenvalue weighted by molar-refractivity contribution is -0.138. The number of carbonyl (C=O) groups is 1. The first-order valence-electron chi connectivity index (χ1n) is 6.39. The van der Waals surface area contributed by atoms with Crippen LogP contribution in [0.5, 0.6) is 0 Å². The predicted molar refractivity (Wildman–Crippen MR) is 89.2 cm³/mol. The number of nitriles is 1. The standard InChI is InChI=1S/C15H12BrN3O2S/c1-2-21-14(20)11(7-17)8-18-15-19-9-13(22-15)10-3-5-12(16)6-4-10/h3-6,8-9H,2H2,1H3,(H,18,19). The van der Waals surface area contributed by atoms with Crippen molar-refractivity contribution >= 4 is 38.4 Å². The van der Waals surface area contributed by atoms with Gasteiger partial charge in [-0.25, -0.2) is 9.78 Å². The number of nitrogens with one attached hydrogen (secondary N) is 1. The molecule has 1 heterocycles. The van der Waals surface area contributed by atoms with Crippen LogP contribution in [0, 0.1) is 11.3 Å². The molecule has 0 amide bonds. The topological polar surface area (TPSA) is 75.0 Å². The van der Waals surface area contributed by atoms with Crippen molar-refractivity contribution in [1.29, 1.82) is 5.26 Å². The number of carbonyl (C=O) groups excluding carboxylic acids is 1. The number of ether oxygens (including phenoxy) is 1. The van der Waals surface area contributed by atoms with E-state index in [0.717, 1.165) is 14.9 Å². The van der Waals surface area contributed by atoms with Gasteiger partial charge in [-0.15, -0.1) is 0 Å². The average molecular weight is 378 g/mol. The lowest BCUT2D eigenvalue weighted by atomic mass is 10.2. The van der Waals surface area contributed by atoms with Gasteiger partial charge in [0.05, 0.1) is 11.5 Å². The Balaban J connectivity index is 2.10. The summed E-state index contributed by atoms with van der Waals surface area (Å²) in [6.07, 6.45) is 3.04. The second kappa shape index (κ2) is 7.73. The maximum atomic E-state index is 11.5. The zero-order chi connectivity index (χ0) is 15.9. The van der Waals surface area contributed by atoms with Gasteiger partial charge in [0.25, 0.3) is 0 Å². The molecule has 0 aliphatic rings. The molecule has 2 aromatic rings. The van der Waals surface area contributed by atoms with Crippen LogP contribution >= 0.6 is 27.3 Å². The Bertz CT molecular complexity index is 732. The summed E-state index contributed by atoms with van der Waals surface area (Å²) in [4.78, 5) is 16.7. The number of benzene rings is 1. The fourth-order valence-electron chi connectivity index (χ4n) is 1.57. The number of hydrogen-bond acceptors (Lipinski definition) is 6. The van der Waals surface area contributed by atoms with E-state index in [1.54, 1.807) is 19.2 Å². The van der Waals surface area contributed by atoms with Gasteiger partial charge < -0.3 is 10.1 Å². The number of thiazole rings is 1. The zero-order valence-electron chi connectivity index (χ0n) is 11.7. The fourth-order valence-corrected chi connectivity index (χ4v) is 2.62. The number of hydrogen-bond donors (Lipinski definition) is 1. The summed E-state index contributed by atoms with van der Waals surface area (Å²) in [6.45, 7) is 1.91. The Kier molecular flexibility index (Phi) is 5.69. The highest BCUT2D eigenvalue weighted by Gasteiger charge is 2.10. The van der Waals surface area contributed by atoms with E-state index in [4.69, 9.17) is 10.00 Å². The molecule has 0 saturated heterocycles. The van der Waals surface area contributed by atoms with Gasteiger partial charge >= 0.3 is 5.97 Å². The number of esters is 1. The largest absolute Gasteiger partial charge is 0.462 e. The smallest absolute Gasteiger partial charge is 0.350 e. The van der Waals surface area contributed by atoms with Crippen LogP contribution in [-0.4, -0.2) is 17.6 Å². The molecule has 0 fully saturated rings. The summed E-state index contributed by atoms with van der Waals surface area (Å²) in [6, 6.07) is 9.67. The number of halogens is 1. The molecule has 1 N–H and O–H groups in total. The van der Waals surface area contributed by atoms with E-state index in [9.17, 15) is 4.79 Å².